The molecular formula is C13H15ClN4O. The van der Waals surface area contributed by atoms with Crippen molar-refractivity contribution in [2.45, 2.75) is 20.8 Å². The van der Waals surface area contributed by atoms with Crippen LogP contribution in [0.25, 0.3) is 0 Å². The summed E-state index contributed by atoms with van der Waals surface area (Å²) in [6.45, 7) is 6.60. The number of benzene rings is 1. The SMILES string of the molecule is CCNc1nc(Cl)nc(Oc2cc(C)ccc2C)n1. The van der Waals surface area contributed by atoms with E-state index in [0.29, 0.717) is 18.2 Å². The molecule has 1 heterocycles. The normalized spacial score (nSPS) is 10.3. The van der Waals surface area contributed by atoms with Crippen molar-refractivity contribution in [1.82, 2.24) is 15.0 Å². The summed E-state index contributed by atoms with van der Waals surface area (Å²) in [5.41, 5.74) is 2.11. The average molecular weight is 279 g/mol. The van der Waals surface area contributed by atoms with Gasteiger partial charge < -0.3 is 10.1 Å². The molecule has 0 unspecified atom stereocenters. The van der Waals surface area contributed by atoms with Gasteiger partial charge in [0.15, 0.2) is 0 Å². The number of aromatic nitrogens is 3. The molecule has 100 valence electrons. The molecule has 0 aliphatic carbocycles. The molecule has 0 spiro atoms. The number of ether oxygens (including phenoxy) is 1. The first kappa shape index (κ1) is 13.5. The second kappa shape index (κ2) is 5.84. The highest BCUT2D eigenvalue weighted by Crippen LogP contribution is 2.24. The summed E-state index contributed by atoms with van der Waals surface area (Å²) in [4.78, 5) is 12.1. The maximum Gasteiger partial charge on any atom is 0.328 e. The number of hydrogen-bond acceptors (Lipinski definition) is 5. The first-order valence-electron chi connectivity index (χ1n) is 5.99. The van der Waals surface area contributed by atoms with E-state index in [1.165, 1.54) is 0 Å². The lowest BCUT2D eigenvalue weighted by atomic mass is 10.1. The maximum atomic E-state index is 5.84. The lowest BCUT2D eigenvalue weighted by Gasteiger charge is -2.09. The Morgan fingerprint density at radius 1 is 1.21 bits per heavy atom. The molecule has 2 rings (SSSR count). The van der Waals surface area contributed by atoms with E-state index in [2.05, 4.69) is 20.3 Å². The van der Waals surface area contributed by atoms with Crippen LogP contribution < -0.4 is 10.1 Å². The molecule has 0 aliphatic heterocycles. The predicted octanol–water partition coefficient (Wildman–Crippen LogP) is 3.37. The van der Waals surface area contributed by atoms with Gasteiger partial charge in [-0.25, -0.2) is 0 Å². The Labute approximate surface area is 117 Å². The summed E-state index contributed by atoms with van der Waals surface area (Å²) in [7, 11) is 0. The van der Waals surface area contributed by atoms with Crippen LogP contribution in [-0.4, -0.2) is 21.5 Å². The summed E-state index contributed by atoms with van der Waals surface area (Å²) in [6.07, 6.45) is 0. The first-order chi connectivity index (χ1) is 9.08. The van der Waals surface area contributed by atoms with Gasteiger partial charge in [-0.15, -0.1) is 0 Å². The van der Waals surface area contributed by atoms with E-state index >= 15 is 0 Å². The topological polar surface area (TPSA) is 59.9 Å². The van der Waals surface area contributed by atoms with Crippen molar-refractivity contribution in [3.63, 3.8) is 0 Å². The van der Waals surface area contributed by atoms with Gasteiger partial charge >= 0.3 is 6.01 Å². The zero-order chi connectivity index (χ0) is 13.8. The van der Waals surface area contributed by atoms with Crippen molar-refractivity contribution in [3.8, 4) is 11.8 Å². The van der Waals surface area contributed by atoms with Gasteiger partial charge in [-0.2, -0.15) is 15.0 Å². The van der Waals surface area contributed by atoms with E-state index in [4.69, 9.17) is 16.3 Å². The average Bonchev–Trinajstić information content (AvgIpc) is 2.33. The highest BCUT2D eigenvalue weighted by atomic mass is 35.5. The number of nitrogens with one attached hydrogen (secondary N) is 1. The van der Waals surface area contributed by atoms with Crippen LogP contribution in [0.15, 0.2) is 18.2 Å². The van der Waals surface area contributed by atoms with Crippen molar-refractivity contribution >= 4 is 17.5 Å². The summed E-state index contributed by atoms with van der Waals surface area (Å²) in [6, 6.07) is 6.12. The van der Waals surface area contributed by atoms with Crippen LogP contribution in [-0.2, 0) is 0 Å². The van der Waals surface area contributed by atoms with Crippen LogP contribution >= 0.6 is 11.6 Å². The van der Waals surface area contributed by atoms with Gasteiger partial charge in [0, 0.05) is 6.54 Å². The standard InChI is InChI=1S/C13H15ClN4O/c1-4-15-12-16-11(14)17-13(18-12)19-10-7-8(2)5-6-9(10)3/h5-7H,4H2,1-3H3,(H,15,16,17,18). The number of aryl methyl sites for hydroxylation is 2. The van der Waals surface area contributed by atoms with Gasteiger partial charge in [0.05, 0.1) is 0 Å². The van der Waals surface area contributed by atoms with Crippen LogP contribution in [0.2, 0.25) is 5.28 Å². The van der Waals surface area contributed by atoms with E-state index in [9.17, 15) is 0 Å². The molecule has 1 N–H and O–H groups in total. The van der Waals surface area contributed by atoms with E-state index in [-0.39, 0.29) is 11.3 Å². The molecule has 0 aliphatic rings. The van der Waals surface area contributed by atoms with Crippen molar-refractivity contribution in [2.24, 2.45) is 0 Å². The highest BCUT2D eigenvalue weighted by Gasteiger charge is 2.08. The molecule has 2 aromatic rings. The predicted molar refractivity (Wildman–Crippen MR) is 75.0 cm³/mol. The fourth-order valence-corrected chi connectivity index (χ4v) is 1.68. The van der Waals surface area contributed by atoms with E-state index < -0.39 is 0 Å². The van der Waals surface area contributed by atoms with Gasteiger partial charge in [0.1, 0.15) is 5.75 Å². The van der Waals surface area contributed by atoms with Crippen molar-refractivity contribution in [3.05, 3.63) is 34.6 Å². The van der Waals surface area contributed by atoms with E-state index in [0.717, 1.165) is 11.1 Å². The second-order valence-corrected chi connectivity index (χ2v) is 4.45. The molecule has 0 bridgehead atoms. The zero-order valence-electron chi connectivity index (χ0n) is 11.1. The summed E-state index contributed by atoms with van der Waals surface area (Å²) >= 11 is 5.84. The van der Waals surface area contributed by atoms with Gasteiger partial charge in [-0.3, -0.25) is 0 Å². The number of halogens is 1. The third kappa shape index (κ3) is 3.54. The second-order valence-electron chi connectivity index (χ2n) is 4.11. The Balaban J connectivity index is 2.29. The Hall–Kier alpha value is -1.88. The van der Waals surface area contributed by atoms with Gasteiger partial charge in [0.25, 0.3) is 0 Å². The Morgan fingerprint density at radius 3 is 2.74 bits per heavy atom. The molecule has 5 nitrogen and oxygen atoms in total. The van der Waals surface area contributed by atoms with Gasteiger partial charge in [0.2, 0.25) is 11.2 Å². The smallest absolute Gasteiger partial charge is 0.328 e. The highest BCUT2D eigenvalue weighted by molar-refractivity contribution is 6.28. The number of hydrogen-bond donors (Lipinski definition) is 1. The summed E-state index contributed by atoms with van der Waals surface area (Å²) in [5, 5.41) is 3.08. The van der Waals surface area contributed by atoms with Crippen LogP contribution in [0.4, 0.5) is 5.95 Å². The van der Waals surface area contributed by atoms with Crippen molar-refractivity contribution in [2.75, 3.05) is 11.9 Å². The van der Waals surface area contributed by atoms with Gasteiger partial charge in [-0.1, -0.05) is 12.1 Å². The Kier molecular flexibility index (Phi) is 4.16. The minimum Gasteiger partial charge on any atom is -0.424 e. The van der Waals surface area contributed by atoms with Crippen LogP contribution in [0, 0.1) is 13.8 Å². The lowest BCUT2D eigenvalue weighted by molar-refractivity contribution is 0.437. The maximum absolute atomic E-state index is 5.84. The molecular weight excluding hydrogens is 264 g/mol. The van der Waals surface area contributed by atoms with Crippen molar-refractivity contribution in [1.29, 1.82) is 0 Å². The fourth-order valence-electron chi connectivity index (χ4n) is 1.53. The molecule has 0 amide bonds. The van der Waals surface area contributed by atoms with Crippen molar-refractivity contribution < 1.29 is 4.74 Å². The quantitative estimate of drug-likeness (QED) is 0.929. The molecule has 19 heavy (non-hydrogen) atoms. The fraction of sp³-hybridized carbons (Fsp3) is 0.308. The number of nitrogens with zero attached hydrogens (tertiary/aromatic N) is 3. The third-order valence-electron chi connectivity index (χ3n) is 2.47. The molecule has 1 aromatic heterocycles. The number of anilines is 1. The van der Waals surface area contributed by atoms with Crippen LogP contribution in [0.5, 0.6) is 11.8 Å². The first-order valence-corrected chi connectivity index (χ1v) is 6.37. The number of rotatable bonds is 4. The molecule has 0 saturated carbocycles. The summed E-state index contributed by atoms with van der Waals surface area (Å²) < 4.78 is 5.67. The largest absolute Gasteiger partial charge is 0.424 e. The lowest BCUT2D eigenvalue weighted by Crippen LogP contribution is -2.05. The molecule has 6 heteroatoms. The molecule has 0 fully saturated rings. The Morgan fingerprint density at radius 2 is 2.00 bits per heavy atom. The monoisotopic (exact) mass is 278 g/mol. The minimum absolute atomic E-state index is 0.103. The van der Waals surface area contributed by atoms with E-state index in [1.807, 2.05) is 39.0 Å². The van der Waals surface area contributed by atoms with Crippen LogP contribution in [0.3, 0.4) is 0 Å². The molecule has 0 saturated heterocycles. The van der Waals surface area contributed by atoms with Crippen LogP contribution in [0.1, 0.15) is 18.1 Å². The van der Waals surface area contributed by atoms with E-state index in [1.54, 1.807) is 0 Å². The minimum atomic E-state index is 0.103. The molecule has 0 radical (unpaired) electrons. The molecule has 0 atom stereocenters. The third-order valence-corrected chi connectivity index (χ3v) is 2.64. The molecule has 1 aromatic carbocycles. The Bertz CT molecular complexity index is 589. The summed E-state index contributed by atoms with van der Waals surface area (Å²) in [5.74, 6) is 1.12. The van der Waals surface area contributed by atoms with Gasteiger partial charge in [-0.05, 0) is 49.6 Å². The zero-order valence-corrected chi connectivity index (χ0v) is 11.8.